The highest BCUT2D eigenvalue weighted by atomic mass is 79.9. The molecule has 0 aliphatic carbocycles. The van der Waals surface area contributed by atoms with Crippen LogP contribution in [0.25, 0.3) is 0 Å². The molecule has 70 valence electrons. The first-order valence-electron chi connectivity index (χ1n) is 4.30. The molecule has 3 heteroatoms. The number of ether oxygens (including phenoxy) is 1. The third-order valence-electron chi connectivity index (χ3n) is 2.31. The molecule has 0 saturated heterocycles. The maximum atomic E-state index is 9.76. The van der Waals surface area contributed by atoms with Crippen LogP contribution in [0.15, 0.2) is 16.6 Å². The van der Waals surface area contributed by atoms with E-state index in [0.717, 1.165) is 21.3 Å². The van der Waals surface area contributed by atoms with E-state index in [4.69, 9.17) is 4.74 Å². The van der Waals surface area contributed by atoms with Gasteiger partial charge in [-0.25, -0.2) is 0 Å². The Morgan fingerprint density at radius 3 is 3.00 bits per heavy atom. The zero-order chi connectivity index (χ0) is 9.42. The van der Waals surface area contributed by atoms with E-state index in [0.29, 0.717) is 13.0 Å². The molecule has 2 rings (SSSR count). The number of aliphatic hydroxyl groups excluding tert-OH is 1. The van der Waals surface area contributed by atoms with E-state index >= 15 is 0 Å². The molecule has 1 aliphatic heterocycles. The van der Waals surface area contributed by atoms with Crippen molar-refractivity contribution in [1.29, 1.82) is 0 Å². The fraction of sp³-hybridized carbons (Fsp3) is 0.400. The molecule has 0 amide bonds. The first-order valence-corrected chi connectivity index (χ1v) is 5.09. The second-order valence-corrected chi connectivity index (χ2v) is 4.11. The van der Waals surface area contributed by atoms with Crippen LogP contribution in [0.3, 0.4) is 0 Å². The lowest BCUT2D eigenvalue weighted by molar-refractivity contribution is 0.114. The quantitative estimate of drug-likeness (QED) is 0.758. The van der Waals surface area contributed by atoms with Crippen molar-refractivity contribution in [2.75, 3.05) is 6.61 Å². The third kappa shape index (κ3) is 1.46. The summed E-state index contributed by atoms with van der Waals surface area (Å²) in [6.45, 7) is 2.59. The number of fused-ring (bicyclic) bond motifs is 1. The molecule has 0 spiro atoms. The normalized spacial score (nSPS) is 20.7. The predicted octanol–water partition coefficient (Wildman–Crippen LogP) is 2.57. The van der Waals surface area contributed by atoms with Gasteiger partial charge in [0.1, 0.15) is 5.75 Å². The van der Waals surface area contributed by atoms with Crippen molar-refractivity contribution < 1.29 is 9.84 Å². The van der Waals surface area contributed by atoms with E-state index < -0.39 is 6.10 Å². The summed E-state index contributed by atoms with van der Waals surface area (Å²) in [7, 11) is 0. The van der Waals surface area contributed by atoms with Gasteiger partial charge in [0.05, 0.1) is 12.7 Å². The monoisotopic (exact) mass is 242 g/mol. The molecule has 0 fully saturated rings. The van der Waals surface area contributed by atoms with E-state index in [-0.39, 0.29) is 0 Å². The summed E-state index contributed by atoms with van der Waals surface area (Å²) in [4.78, 5) is 0. The number of halogens is 1. The van der Waals surface area contributed by atoms with Crippen LogP contribution < -0.4 is 4.74 Å². The Morgan fingerprint density at radius 1 is 1.54 bits per heavy atom. The van der Waals surface area contributed by atoms with Gasteiger partial charge in [-0.2, -0.15) is 0 Å². The summed E-state index contributed by atoms with van der Waals surface area (Å²) in [5, 5.41) is 9.76. The molecule has 0 aromatic heterocycles. The molecule has 13 heavy (non-hydrogen) atoms. The summed E-state index contributed by atoms with van der Waals surface area (Å²) in [6, 6.07) is 3.94. The first-order chi connectivity index (χ1) is 6.20. The standard InChI is InChI=1S/C10H11BrO2/c1-6-2-3-7(11)9-8(12)4-5-13-10(6)9/h2-3,8,12H,4-5H2,1H3/t8-/m1/s1. The van der Waals surface area contributed by atoms with Crippen LogP contribution in [0.4, 0.5) is 0 Å². The Hall–Kier alpha value is -0.540. The van der Waals surface area contributed by atoms with E-state index in [1.807, 2.05) is 19.1 Å². The van der Waals surface area contributed by atoms with Gasteiger partial charge in [0.25, 0.3) is 0 Å². The summed E-state index contributed by atoms with van der Waals surface area (Å²) in [6.07, 6.45) is 0.285. The maximum Gasteiger partial charge on any atom is 0.129 e. The molecule has 0 saturated carbocycles. The van der Waals surface area contributed by atoms with Crippen LogP contribution in [0.2, 0.25) is 0 Å². The van der Waals surface area contributed by atoms with Gasteiger partial charge in [0.2, 0.25) is 0 Å². The van der Waals surface area contributed by atoms with Gasteiger partial charge in [-0.1, -0.05) is 22.0 Å². The van der Waals surface area contributed by atoms with E-state index in [1.54, 1.807) is 0 Å². The molecular weight excluding hydrogens is 232 g/mol. The lowest BCUT2D eigenvalue weighted by Crippen LogP contribution is -2.15. The Morgan fingerprint density at radius 2 is 2.31 bits per heavy atom. The fourth-order valence-corrected chi connectivity index (χ4v) is 2.18. The first kappa shape index (κ1) is 9.03. The number of hydrogen-bond donors (Lipinski definition) is 1. The van der Waals surface area contributed by atoms with Gasteiger partial charge < -0.3 is 9.84 Å². The minimum atomic E-state index is -0.391. The molecule has 0 bridgehead atoms. The van der Waals surface area contributed by atoms with Crippen LogP contribution >= 0.6 is 15.9 Å². The number of hydrogen-bond acceptors (Lipinski definition) is 2. The number of benzene rings is 1. The lowest BCUT2D eigenvalue weighted by atomic mass is 10.0. The van der Waals surface area contributed by atoms with Crippen molar-refractivity contribution in [1.82, 2.24) is 0 Å². The SMILES string of the molecule is Cc1ccc(Br)c2c1OCC[C@H]2O. The van der Waals surface area contributed by atoms with Crippen LogP contribution in [-0.2, 0) is 0 Å². The summed E-state index contributed by atoms with van der Waals surface area (Å²) in [5.41, 5.74) is 1.98. The third-order valence-corrected chi connectivity index (χ3v) is 3.00. The van der Waals surface area contributed by atoms with Crippen molar-refractivity contribution in [2.24, 2.45) is 0 Å². The van der Waals surface area contributed by atoms with Gasteiger partial charge in [-0.05, 0) is 18.6 Å². The zero-order valence-electron chi connectivity index (χ0n) is 7.38. The van der Waals surface area contributed by atoms with Crippen LogP contribution in [0.5, 0.6) is 5.75 Å². The second kappa shape index (κ2) is 3.31. The van der Waals surface area contributed by atoms with E-state index in [2.05, 4.69) is 15.9 Å². The molecule has 2 nitrogen and oxygen atoms in total. The predicted molar refractivity (Wildman–Crippen MR) is 54.0 cm³/mol. The van der Waals surface area contributed by atoms with Crippen LogP contribution in [-0.4, -0.2) is 11.7 Å². The van der Waals surface area contributed by atoms with E-state index in [9.17, 15) is 5.11 Å². The molecule has 1 aromatic rings. The smallest absolute Gasteiger partial charge is 0.129 e. The largest absolute Gasteiger partial charge is 0.493 e. The zero-order valence-corrected chi connectivity index (χ0v) is 8.97. The van der Waals surface area contributed by atoms with Gasteiger partial charge in [0, 0.05) is 16.5 Å². The molecule has 1 aliphatic rings. The van der Waals surface area contributed by atoms with Crippen molar-refractivity contribution in [2.45, 2.75) is 19.4 Å². The molecule has 1 atom stereocenters. The van der Waals surface area contributed by atoms with E-state index in [1.165, 1.54) is 0 Å². The molecule has 1 aromatic carbocycles. The highest BCUT2D eigenvalue weighted by Crippen LogP contribution is 2.39. The minimum absolute atomic E-state index is 0.391. The van der Waals surface area contributed by atoms with Gasteiger partial charge in [-0.3, -0.25) is 0 Å². The summed E-state index contributed by atoms with van der Waals surface area (Å²) in [5.74, 6) is 0.841. The summed E-state index contributed by atoms with van der Waals surface area (Å²) < 4.78 is 6.45. The van der Waals surface area contributed by atoms with Gasteiger partial charge in [-0.15, -0.1) is 0 Å². The topological polar surface area (TPSA) is 29.5 Å². The average Bonchev–Trinajstić information content (AvgIpc) is 2.12. The molecule has 1 N–H and O–H groups in total. The molecule has 0 unspecified atom stereocenters. The van der Waals surface area contributed by atoms with Crippen LogP contribution in [0.1, 0.15) is 23.7 Å². The number of aliphatic hydroxyl groups is 1. The highest BCUT2D eigenvalue weighted by Gasteiger charge is 2.23. The lowest BCUT2D eigenvalue weighted by Gasteiger charge is -2.24. The Balaban J connectivity index is 2.60. The van der Waals surface area contributed by atoms with Gasteiger partial charge in [0.15, 0.2) is 0 Å². The van der Waals surface area contributed by atoms with Gasteiger partial charge >= 0.3 is 0 Å². The Kier molecular flexibility index (Phi) is 2.30. The minimum Gasteiger partial charge on any atom is -0.493 e. The Bertz CT molecular complexity index is 336. The molecular formula is C10H11BrO2. The summed E-state index contributed by atoms with van der Waals surface area (Å²) >= 11 is 3.42. The van der Waals surface area contributed by atoms with Crippen molar-refractivity contribution >= 4 is 15.9 Å². The number of rotatable bonds is 0. The average molecular weight is 243 g/mol. The second-order valence-electron chi connectivity index (χ2n) is 3.26. The fourth-order valence-electron chi connectivity index (χ4n) is 1.60. The van der Waals surface area contributed by atoms with Crippen molar-refractivity contribution in [3.63, 3.8) is 0 Å². The molecule has 0 radical (unpaired) electrons. The molecule has 1 heterocycles. The number of aryl methyl sites for hydroxylation is 1. The van der Waals surface area contributed by atoms with Crippen LogP contribution in [0, 0.1) is 6.92 Å². The van der Waals surface area contributed by atoms with Crippen molar-refractivity contribution in [3.05, 3.63) is 27.7 Å². The Labute approximate surface area is 85.7 Å². The maximum absolute atomic E-state index is 9.76. The highest BCUT2D eigenvalue weighted by molar-refractivity contribution is 9.10. The van der Waals surface area contributed by atoms with Crippen molar-refractivity contribution in [3.8, 4) is 5.75 Å².